The highest BCUT2D eigenvalue weighted by molar-refractivity contribution is 6.02. The van der Waals surface area contributed by atoms with E-state index in [-0.39, 0.29) is 28.4 Å². The summed E-state index contributed by atoms with van der Waals surface area (Å²) in [6.07, 6.45) is 0. The van der Waals surface area contributed by atoms with Crippen molar-refractivity contribution < 1.29 is 9.90 Å². The van der Waals surface area contributed by atoms with Crippen molar-refractivity contribution in [1.29, 1.82) is 0 Å². The van der Waals surface area contributed by atoms with Crippen LogP contribution < -0.4 is 11.4 Å². The van der Waals surface area contributed by atoms with E-state index in [0.29, 0.717) is 11.3 Å². The van der Waals surface area contributed by atoms with Gasteiger partial charge in [0.25, 0.3) is 5.91 Å². The van der Waals surface area contributed by atoms with Gasteiger partial charge in [0.15, 0.2) is 17.2 Å². The first kappa shape index (κ1) is 16.5. The van der Waals surface area contributed by atoms with Crippen LogP contribution >= 0.6 is 0 Å². The van der Waals surface area contributed by atoms with E-state index in [4.69, 9.17) is 5.73 Å². The molecule has 4 N–H and O–H groups in total. The van der Waals surface area contributed by atoms with E-state index in [1.807, 2.05) is 19.1 Å². The fraction of sp³-hybridized carbons (Fsp3) is 0.0526. The minimum Gasteiger partial charge on any atom is -0.508 e. The van der Waals surface area contributed by atoms with Gasteiger partial charge in [-0.25, -0.2) is 19.3 Å². The lowest BCUT2D eigenvalue weighted by molar-refractivity contribution is 0.0997. The number of benzene rings is 2. The van der Waals surface area contributed by atoms with Crippen molar-refractivity contribution >= 4 is 17.1 Å². The Kier molecular flexibility index (Phi) is 3.73. The molecule has 0 unspecified atom stereocenters. The number of rotatable bonds is 3. The number of imidazole rings is 1. The lowest BCUT2D eigenvalue weighted by Crippen LogP contribution is -2.15. The van der Waals surface area contributed by atoms with Crippen molar-refractivity contribution in [2.24, 2.45) is 5.73 Å². The Morgan fingerprint density at radius 1 is 1.15 bits per heavy atom. The number of hydrogen-bond donors (Lipinski definition) is 3. The maximum atomic E-state index is 12.5. The normalized spacial score (nSPS) is 11.0. The molecule has 0 saturated heterocycles. The standard InChI is InChI=1S/C19H15N5O3/c1-10-5-7-12(8-6-10)24-18-15(22-19(24)27)14(16(20)26)21-17(23-18)11-3-2-4-13(25)9-11/h2-9,25H,1H3,(H2,20,26)(H,22,27). The van der Waals surface area contributed by atoms with Gasteiger partial charge in [0.1, 0.15) is 11.3 Å². The maximum absolute atomic E-state index is 12.5. The molecule has 1 amide bonds. The second-order valence-electron chi connectivity index (χ2n) is 6.11. The molecule has 0 saturated carbocycles. The van der Waals surface area contributed by atoms with Gasteiger partial charge in [-0.1, -0.05) is 29.8 Å². The maximum Gasteiger partial charge on any atom is 0.332 e. The van der Waals surface area contributed by atoms with Crippen molar-refractivity contribution in [3.05, 3.63) is 70.3 Å². The third-order valence-electron chi connectivity index (χ3n) is 4.17. The number of aromatic hydroxyl groups is 1. The second-order valence-corrected chi connectivity index (χ2v) is 6.11. The first-order chi connectivity index (χ1) is 12.9. The Hall–Kier alpha value is -3.94. The Labute approximate surface area is 152 Å². The topological polar surface area (TPSA) is 127 Å². The van der Waals surface area contributed by atoms with E-state index in [9.17, 15) is 14.7 Å². The number of hydrogen-bond acceptors (Lipinski definition) is 5. The molecule has 2 heterocycles. The number of primary amides is 1. The highest BCUT2D eigenvalue weighted by atomic mass is 16.3. The number of nitrogens with zero attached hydrogens (tertiary/aromatic N) is 3. The summed E-state index contributed by atoms with van der Waals surface area (Å²) in [5.41, 5.74) is 7.42. The average Bonchev–Trinajstić information content (AvgIpc) is 2.97. The fourth-order valence-electron chi connectivity index (χ4n) is 2.87. The van der Waals surface area contributed by atoms with Gasteiger partial charge in [-0.2, -0.15) is 0 Å². The number of phenolic OH excluding ortho intramolecular Hbond substituents is 1. The highest BCUT2D eigenvalue weighted by Gasteiger charge is 2.20. The molecule has 2 aromatic heterocycles. The summed E-state index contributed by atoms with van der Waals surface area (Å²) in [4.78, 5) is 35.7. The first-order valence-corrected chi connectivity index (χ1v) is 8.13. The third-order valence-corrected chi connectivity index (χ3v) is 4.17. The van der Waals surface area contributed by atoms with Crippen molar-refractivity contribution in [3.63, 3.8) is 0 Å². The quantitative estimate of drug-likeness (QED) is 0.513. The number of carbonyl (C=O) groups is 1. The van der Waals surface area contributed by atoms with Crippen molar-refractivity contribution in [3.8, 4) is 22.8 Å². The fourth-order valence-corrected chi connectivity index (χ4v) is 2.87. The summed E-state index contributed by atoms with van der Waals surface area (Å²) in [6, 6.07) is 13.6. The van der Waals surface area contributed by atoms with Crippen LogP contribution in [0.4, 0.5) is 0 Å². The summed E-state index contributed by atoms with van der Waals surface area (Å²) in [7, 11) is 0. The van der Waals surface area contributed by atoms with Crippen LogP contribution in [0.2, 0.25) is 0 Å². The number of fused-ring (bicyclic) bond motifs is 1. The van der Waals surface area contributed by atoms with Gasteiger partial charge < -0.3 is 15.8 Å². The van der Waals surface area contributed by atoms with E-state index >= 15 is 0 Å². The van der Waals surface area contributed by atoms with Gasteiger partial charge in [0, 0.05) is 5.56 Å². The zero-order chi connectivity index (χ0) is 19.1. The van der Waals surface area contributed by atoms with Crippen LogP contribution in [0.25, 0.3) is 28.2 Å². The first-order valence-electron chi connectivity index (χ1n) is 8.13. The smallest absolute Gasteiger partial charge is 0.332 e. The predicted octanol–water partition coefficient (Wildman–Crippen LogP) is 1.89. The van der Waals surface area contributed by atoms with Gasteiger partial charge in [0.2, 0.25) is 0 Å². The number of amides is 1. The van der Waals surface area contributed by atoms with Crippen molar-refractivity contribution in [2.45, 2.75) is 6.92 Å². The lowest BCUT2D eigenvalue weighted by atomic mass is 10.2. The molecule has 134 valence electrons. The van der Waals surface area contributed by atoms with Crippen LogP contribution in [0, 0.1) is 6.92 Å². The van der Waals surface area contributed by atoms with Gasteiger partial charge >= 0.3 is 5.69 Å². The van der Waals surface area contributed by atoms with Gasteiger partial charge in [-0.3, -0.25) is 4.79 Å². The van der Waals surface area contributed by atoms with Gasteiger partial charge in [-0.05, 0) is 31.2 Å². The molecule has 0 atom stereocenters. The molecular weight excluding hydrogens is 346 g/mol. The Morgan fingerprint density at radius 3 is 2.56 bits per heavy atom. The molecule has 0 bridgehead atoms. The summed E-state index contributed by atoms with van der Waals surface area (Å²) < 4.78 is 1.36. The summed E-state index contributed by atoms with van der Waals surface area (Å²) >= 11 is 0. The minimum absolute atomic E-state index is 0.0295. The van der Waals surface area contributed by atoms with Gasteiger partial charge in [-0.15, -0.1) is 0 Å². The monoisotopic (exact) mass is 361 g/mol. The SMILES string of the molecule is Cc1ccc(-n2c(=O)[nH]c3c(C(N)=O)nc(-c4cccc(O)c4)nc32)cc1. The molecule has 0 aliphatic rings. The Bertz CT molecular complexity index is 1240. The summed E-state index contributed by atoms with van der Waals surface area (Å²) in [6.45, 7) is 1.94. The lowest BCUT2D eigenvalue weighted by Gasteiger charge is -2.07. The van der Waals surface area contributed by atoms with Crippen LogP contribution in [0.3, 0.4) is 0 Å². The zero-order valence-corrected chi connectivity index (χ0v) is 14.3. The number of H-pyrrole nitrogens is 1. The second kappa shape index (κ2) is 6.10. The number of phenols is 1. The van der Waals surface area contributed by atoms with Crippen LogP contribution in [-0.2, 0) is 0 Å². The molecule has 0 spiro atoms. The molecule has 8 nitrogen and oxygen atoms in total. The number of nitrogens with two attached hydrogens (primary N) is 1. The molecule has 0 radical (unpaired) electrons. The zero-order valence-electron chi connectivity index (χ0n) is 14.3. The van der Waals surface area contributed by atoms with Crippen LogP contribution in [0.1, 0.15) is 16.1 Å². The molecule has 2 aromatic carbocycles. The minimum atomic E-state index is -0.791. The van der Waals surface area contributed by atoms with E-state index < -0.39 is 11.6 Å². The van der Waals surface area contributed by atoms with E-state index in [2.05, 4.69) is 15.0 Å². The molecule has 27 heavy (non-hydrogen) atoms. The molecule has 4 aromatic rings. The van der Waals surface area contributed by atoms with E-state index in [1.165, 1.54) is 16.7 Å². The average molecular weight is 361 g/mol. The molecule has 0 aliphatic carbocycles. The number of aromatic nitrogens is 4. The van der Waals surface area contributed by atoms with Crippen LogP contribution in [0.15, 0.2) is 53.3 Å². The van der Waals surface area contributed by atoms with Crippen LogP contribution in [0.5, 0.6) is 5.75 Å². The number of aryl methyl sites for hydroxylation is 1. The molecule has 4 rings (SSSR count). The molecular formula is C19H15N5O3. The third kappa shape index (κ3) is 2.82. The molecule has 0 aliphatic heterocycles. The highest BCUT2D eigenvalue weighted by Crippen LogP contribution is 2.24. The number of nitrogens with one attached hydrogen (secondary N) is 1. The Balaban J connectivity index is 2.06. The Morgan fingerprint density at radius 2 is 1.89 bits per heavy atom. The largest absolute Gasteiger partial charge is 0.508 e. The summed E-state index contributed by atoms with van der Waals surface area (Å²) in [5.74, 6) is -0.588. The van der Waals surface area contributed by atoms with Crippen molar-refractivity contribution in [1.82, 2.24) is 19.5 Å². The van der Waals surface area contributed by atoms with Crippen molar-refractivity contribution in [2.75, 3.05) is 0 Å². The van der Waals surface area contributed by atoms with Gasteiger partial charge in [0.05, 0.1) is 5.69 Å². The van der Waals surface area contributed by atoms with Crippen LogP contribution in [-0.4, -0.2) is 30.5 Å². The summed E-state index contributed by atoms with van der Waals surface area (Å²) in [5, 5.41) is 9.72. The predicted molar refractivity (Wildman–Crippen MR) is 99.8 cm³/mol. The van der Waals surface area contributed by atoms with E-state index in [1.54, 1.807) is 24.3 Å². The van der Waals surface area contributed by atoms with E-state index in [0.717, 1.165) is 5.56 Å². The molecule has 8 heteroatoms. The number of aromatic amines is 1. The molecule has 0 fully saturated rings. The number of carbonyl (C=O) groups excluding carboxylic acids is 1.